The lowest BCUT2D eigenvalue weighted by molar-refractivity contribution is -0.140. The van der Waals surface area contributed by atoms with Crippen molar-refractivity contribution < 1.29 is 22.6 Å². The van der Waals surface area contributed by atoms with E-state index in [1.165, 1.54) is 38.5 Å². The van der Waals surface area contributed by atoms with Crippen molar-refractivity contribution in [2.24, 2.45) is 46.3 Å². The minimum atomic E-state index is -4.07. The molecular weight excluding hydrogens is 462 g/mol. The van der Waals surface area contributed by atoms with Gasteiger partial charge in [0, 0.05) is 32.4 Å². The van der Waals surface area contributed by atoms with E-state index >= 15 is 0 Å². The maximum atomic E-state index is 12.8. The number of carbonyl (C=O) groups is 2. The molecule has 6 nitrogen and oxygen atoms in total. The molecule has 7 heteroatoms. The van der Waals surface area contributed by atoms with Crippen LogP contribution in [-0.4, -0.2) is 47.9 Å². The van der Waals surface area contributed by atoms with E-state index < -0.39 is 15.4 Å². The van der Waals surface area contributed by atoms with Gasteiger partial charge in [-0.3, -0.25) is 14.1 Å². The molecule has 5 rings (SSSR count). The summed E-state index contributed by atoms with van der Waals surface area (Å²) in [6, 6.07) is 0. The van der Waals surface area contributed by atoms with E-state index in [1.807, 2.05) is 0 Å². The molecule has 0 aromatic heterocycles. The van der Waals surface area contributed by atoms with Crippen molar-refractivity contribution in [3.8, 4) is 0 Å². The van der Waals surface area contributed by atoms with E-state index in [0.29, 0.717) is 53.8 Å². The lowest BCUT2D eigenvalue weighted by Crippen LogP contribution is -2.53. The first kappa shape index (κ1) is 25.7. The largest absolute Gasteiger partial charge is 0.341 e. The van der Waals surface area contributed by atoms with Crippen LogP contribution in [0, 0.1) is 46.3 Å². The highest BCUT2D eigenvalue weighted by molar-refractivity contribution is 7.86. The Morgan fingerprint density at radius 2 is 1.80 bits per heavy atom. The Labute approximate surface area is 211 Å². The van der Waals surface area contributed by atoms with Gasteiger partial charge in [-0.2, -0.15) is 8.42 Å². The van der Waals surface area contributed by atoms with Crippen LogP contribution in [0.3, 0.4) is 0 Å². The number of Topliss-reactive ketones (excluding diaryl/α,β-unsaturated/α-hetero) is 1. The summed E-state index contributed by atoms with van der Waals surface area (Å²) < 4.78 is 32.2. The third-order valence-corrected chi connectivity index (χ3v) is 13.2. The van der Waals surface area contributed by atoms with Gasteiger partial charge in [-0.1, -0.05) is 20.8 Å². The van der Waals surface area contributed by atoms with Gasteiger partial charge in [-0.05, 0) is 104 Å². The molecule has 0 aromatic carbocycles. The summed E-state index contributed by atoms with van der Waals surface area (Å²) in [5.74, 6) is 4.57. The molecule has 1 N–H and O–H groups in total. The zero-order valence-electron chi connectivity index (χ0n) is 21.9. The first-order valence-electron chi connectivity index (χ1n) is 14.2. The number of ketones is 1. The average Bonchev–Trinajstić information content (AvgIpc) is 3.43. The van der Waals surface area contributed by atoms with Crippen LogP contribution in [0.1, 0.15) is 97.8 Å². The second-order valence-corrected chi connectivity index (χ2v) is 15.1. The fourth-order valence-electron chi connectivity index (χ4n) is 9.93. The number of carbonyl (C=O) groups excluding carboxylic acids is 2. The van der Waals surface area contributed by atoms with Gasteiger partial charge in [-0.15, -0.1) is 0 Å². The van der Waals surface area contributed by atoms with Gasteiger partial charge in [0.05, 0.1) is 0 Å². The zero-order chi connectivity index (χ0) is 25.2. The predicted octanol–water partition coefficient (Wildman–Crippen LogP) is 5.12. The number of hydrogen-bond acceptors (Lipinski definition) is 4. The second-order valence-electron chi connectivity index (χ2n) is 13.4. The van der Waals surface area contributed by atoms with Crippen LogP contribution in [-0.2, 0) is 19.7 Å². The van der Waals surface area contributed by atoms with E-state index in [2.05, 4.69) is 20.8 Å². The normalized spacial score (nSPS) is 44.5. The fraction of sp³-hybridized carbons (Fsp3) is 0.929. The quantitative estimate of drug-likeness (QED) is 0.522. The smallest absolute Gasteiger partial charge is 0.269 e. The molecule has 1 saturated heterocycles. The van der Waals surface area contributed by atoms with Gasteiger partial charge >= 0.3 is 0 Å². The molecule has 5 fully saturated rings. The summed E-state index contributed by atoms with van der Waals surface area (Å²) in [5, 5.41) is -0.826. The van der Waals surface area contributed by atoms with Crippen LogP contribution in [0.4, 0.5) is 0 Å². The third kappa shape index (κ3) is 4.41. The Balaban J connectivity index is 1.20. The van der Waals surface area contributed by atoms with Crippen molar-refractivity contribution in [2.45, 2.75) is 103 Å². The van der Waals surface area contributed by atoms with Gasteiger partial charge < -0.3 is 4.90 Å². The first-order valence-corrected chi connectivity index (χ1v) is 15.7. The van der Waals surface area contributed by atoms with Crippen molar-refractivity contribution >= 4 is 21.8 Å². The van der Waals surface area contributed by atoms with Crippen molar-refractivity contribution in [1.29, 1.82) is 0 Å². The molecule has 1 aliphatic heterocycles. The molecule has 0 radical (unpaired) electrons. The molecule has 0 bridgehead atoms. The van der Waals surface area contributed by atoms with Crippen molar-refractivity contribution in [1.82, 2.24) is 4.90 Å². The number of likely N-dealkylation sites (tertiary alicyclic amines) is 1. The molecule has 0 aromatic rings. The van der Waals surface area contributed by atoms with Crippen LogP contribution in [0.2, 0.25) is 0 Å². The van der Waals surface area contributed by atoms with Gasteiger partial charge in [-0.25, -0.2) is 0 Å². The summed E-state index contributed by atoms with van der Waals surface area (Å²) in [7, 11) is -4.07. The lowest BCUT2D eigenvalue weighted by Gasteiger charge is -2.60. The summed E-state index contributed by atoms with van der Waals surface area (Å²) >= 11 is 0. The average molecular weight is 508 g/mol. The van der Waals surface area contributed by atoms with E-state index in [1.54, 1.807) is 4.90 Å². The van der Waals surface area contributed by atoms with Crippen LogP contribution >= 0.6 is 0 Å². The minimum absolute atomic E-state index is 0.0319. The Bertz CT molecular complexity index is 964. The molecule has 35 heavy (non-hydrogen) atoms. The van der Waals surface area contributed by atoms with Gasteiger partial charge in [0.1, 0.15) is 11.0 Å². The maximum absolute atomic E-state index is 12.8. The predicted molar refractivity (Wildman–Crippen MR) is 135 cm³/mol. The lowest BCUT2D eigenvalue weighted by atomic mass is 9.44. The number of amides is 1. The molecule has 9 unspecified atom stereocenters. The summed E-state index contributed by atoms with van der Waals surface area (Å²) in [6.07, 6.45) is 12.0. The third-order valence-electron chi connectivity index (χ3n) is 12.0. The SMILES string of the molecule is CC(CCC(=O)N1CCC(S(=O)(=O)O)C1)C1CCC2C3CCC4CC(=O)CCC4(C)C3CCC12C. The van der Waals surface area contributed by atoms with Crippen LogP contribution in [0.5, 0.6) is 0 Å². The second kappa shape index (κ2) is 9.11. The highest BCUT2D eigenvalue weighted by atomic mass is 32.2. The molecule has 4 aliphatic carbocycles. The molecule has 1 heterocycles. The van der Waals surface area contributed by atoms with Crippen LogP contribution in [0.25, 0.3) is 0 Å². The molecule has 9 atom stereocenters. The molecule has 1 amide bonds. The van der Waals surface area contributed by atoms with Gasteiger partial charge in [0.15, 0.2) is 0 Å². The van der Waals surface area contributed by atoms with Gasteiger partial charge in [0.2, 0.25) is 5.91 Å². The maximum Gasteiger partial charge on any atom is 0.269 e. The van der Waals surface area contributed by atoms with E-state index in [4.69, 9.17) is 0 Å². The number of nitrogens with zero attached hydrogens (tertiary/aromatic N) is 1. The monoisotopic (exact) mass is 507 g/mol. The van der Waals surface area contributed by atoms with Crippen molar-refractivity contribution in [2.75, 3.05) is 13.1 Å². The Morgan fingerprint density at radius 3 is 2.51 bits per heavy atom. The fourth-order valence-corrected chi connectivity index (χ4v) is 10.7. The highest BCUT2D eigenvalue weighted by Crippen LogP contribution is 2.68. The molecule has 5 aliphatic rings. The van der Waals surface area contributed by atoms with Crippen LogP contribution in [0.15, 0.2) is 0 Å². The minimum Gasteiger partial charge on any atom is -0.341 e. The number of rotatable bonds is 5. The molecule has 0 spiro atoms. The number of fused-ring (bicyclic) bond motifs is 5. The standard InChI is InChI=1S/C28H45NO5S/c1-18(4-9-26(31)29-15-12-21(17-29)35(32,33)34)23-7-8-24-22-6-5-19-16-20(30)10-13-27(19,2)25(22)11-14-28(23,24)3/h18-19,21-25H,4-17H2,1-3H3,(H,32,33,34). The topological polar surface area (TPSA) is 91.8 Å². The van der Waals surface area contributed by atoms with E-state index in [0.717, 1.165) is 43.4 Å². The summed E-state index contributed by atoms with van der Waals surface area (Å²) in [5.41, 5.74) is 0.699. The van der Waals surface area contributed by atoms with Gasteiger partial charge in [0.25, 0.3) is 10.1 Å². The van der Waals surface area contributed by atoms with Crippen LogP contribution < -0.4 is 0 Å². The van der Waals surface area contributed by atoms with E-state index in [-0.39, 0.29) is 12.5 Å². The van der Waals surface area contributed by atoms with E-state index in [9.17, 15) is 22.6 Å². The Morgan fingerprint density at radius 1 is 1.06 bits per heavy atom. The molecule has 4 saturated carbocycles. The molecular formula is C28H45NO5S. The first-order chi connectivity index (χ1) is 16.4. The zero-order valence-corrected chi connectivity index (χ0v) is 22.7. The summed E-state index contributed by atoms with van der Waals surface area (Å²) in [4.78, 5) is 26.6. The molecule has 198 valence electrons. The Kier molecular flexibility index (Phi) is 6.69. The van der Waals surface area contributed by atoms with Crippen molar-refractivity contribution in [3.05, 3.63) is 0 Å². The highest BCUT2D eigenvalue weighted by Gasteiger charge is 2.60. The summed E-state index contributed by atoms with van der Waals surface area (Å²) in [6.45, 7) is 7.93. The Hall–Kier alpha value is -0.950. The number of hydrogen-bond donors (Lipinski definition) is 1. The van der Waals surface area contributed by atoms with Crippen molar-refractivity contribution in [3.63, 3.8) is 0 Å².